The summed E-state index contributed by atoms with van der Waals surface area (Å²) in [7, 11) is 0. The van der Waals surface area contributed by atoms with Crippen molar-refractivity contribution in [1.29, 1.82) is 0 Å². The molecule has 3 heterocycles. The van der Waals surface area contributed by atoms with Crippen LogP contribution in [0.2, 0.25) is 0 Å². The van der Waals surface area contributed by atoms with Crippen LogP contribution in [0.3, 0.4) is 0 Å². The quantitative estimate of drug-likeness (QED) is 0.416. The highest BCUT2D eigenvalue weighted by atomic mass is 16.5. The first-order valence-corrected chi connectivity index (χ1v) is 11.2. The number of hydrogen-bond donors (Lipinski definition) is 0. The van der Waals surface area contributed by atoms with Gasteiger partial charge in [0, 0.05) is 37.4 Å². The van der Waals surface area contributed by atoms with Crippen molar-refractivity contribution in [3.05, 3.63) is 81.4 Å². The molecule has 0 aliphatic carbocycles. The van der Waals surface area contributed by atoms with Crippen molar-refractivity contribution in [3.8, 4) is 11.5 Å². The lowest BCUT2D eigenvalue weighted by Gasteiger charge is -2.15. The molecule has 2 aromatic heterocycles. The highest BCUT2D eigenvalue weighted by Crippen LogP contribution is 2.22. The van der Waals surface area contributed by atoms with Gasteiger partial charge in [-0.1, -0.05) is 0 Å². The summed E-state index contributed by atoms with van der Waals surface area (Å²) in [6, 6.07) is 18.7. The van der Waals surface area contributed by atoms with Crippen LogP contribution in [0.25, 0.3) is 21.8 Å². The van der Waals surface area contributed by atoms with E-state index >= 15 is 0 Å². The Labute approximate surface area is 185 Å². The van der Waals surface area contributed by atoms with Gasteiger partial charge >= 0.3 is 0 Å². The van der Waals surface area contributed by atoms with Crippen molar-refractivity contribution in [2.75, 3.05) is 13.2 Å². The second kappa shape index (κ2) is 8.91. The molecule has 4 aromatic rings. The molecule has 5 rings (SSSR count). The van der Waals surface area contributed by atoms with E-state index < -0.39 is 0 Å². The van der Waals surface area contributed by atoms with Crippen molar-refractivity contribution in [3.63, 3.8) is 0 Å². The zero-order chi connectivity index (χ0) is 21.9. The molecule has 0 saturated carbocycles. The van der Waals surface area contributed by atoms with Gasteiger partial charge in [-0.2, -0.15) is 0 Å². The number of pyridine rings is 2. The fourth-order valence-corrected chi connectivity index (χ4v) is 4.30. The first-order valence-electron chi connectivity index (χ1n) is 11.2. The van der Waals surface area contributed by atoms with Gasteiger partial charge in [0.25, 0.3) is 11.1 Å². The van der Waals surface area contributed by atoms with Gasteiger partial charge in [0.15, 0.2) is 0 Å². The monoisotopic (exact) mass is 430 g/mol. The van der Waals surface area contributed by atoms with E-state index in [0.29, 0.717) is 26.3 Å². The van der Waals surface area contributed by atoms with E-state index in [0.717, 1.165) is 59.0 Å². The molecule has 6 heteroatoms. The summed E-state index contributed by atoms with van der Waals surface area (Å²) in [5, 5.41) is 2.04. The molecule has 0 radical (unpaired) electrons. The van der Waals surface area contributed by atoms with E-state index in [4.69, 9.17) is 9.47 Å². The topological polar surface area (TPSA) is 62.5 Å². The van der Waals surface area contributed by atoms with Gasteiger partial charge in [-0.3, -0.25) is 9.59 Å². The maximum absolute atomic E-state index is 12.5. The molecule has 6 nitrogen and oxygen atoms in total. The van der Waals surface area contributed by atoms with Gasteiger partial charge < -0.3 is 18.6 Å². The van der Waals surface area contributed by atoms with E-state index in [2.05, 4.69) is 0 Å². The molecular weight excluding hydrogens is 404 g/mol. The Hall–Kier alpha value is -3.54. The minimum Gasteiger partial charge on any atom is -0.494 e. The molecule has 164 valence electrons. The van der Waals surface area contributed by atoms with Crippen LogP contribution in [0.1, 0.15) is 25.7 Å². The lowest BCUT2D eigenvalue weighted by atomic mass is 10.2. The smallest absolute Gasteiger partial charge is 0.251 e. The molecule has 0 amide bonds. The van der Waals surface area contributed by atoms with Crippen molar-refractivity contribution in [2.45, 2.75) is 38.8 Å². The van der Waals surface area contributed by atoms with Crippen LogP contribution in [0.4, 0.5) is 0 Å². The first-order chi connectivity index (χ1) is 15.7. The average molecular weight is 431 g/mol. The van der Waals surface area contributed by atoms with Crippen molar-refractivity contribution >= 4 is 21.8 Å². The van der Waals surface area contributed by atoms with Gasteiger partial charge in [-0.15, -0.1) is 0 Å². The highest BCUT2D eigenvalue weighted by molar-refractivity contribution is 5.81. The number of hydrogen-bond acceptors (Lipinski definition) is 4. The summed E-state index contributed by atoms with van der Waals surface area (Å²) in [5.74, 6) is 1.52. The Morgan fingerprint density at radius 3 is 1.47 bits per heavy atom. The Balaban J connectivity index is 1.45. The highest BCUT2D eigenvalue weighted by Gasteiger charge is 2.08. The van der Waals surface area contributed by atoms with Crippen LogP contribution in [-0.2, 0) is 13.1 Å². The Morgan fingerprint density at radius 2 is 1.00 bits per heavy atom. The summed E-state index contributed by atoms with van der Waals surface area (Å²) in [6.45, 7) is 2.35. The molecule has 0 N–H and O–H groups in total. The minimum atomic E-state index is -0.00234. The Morgan fingerprint density at radius 1 is 0.562 bits per heavy atom. The molecule has 0 saturated heterocycles. The molecule has 1 aliphatic heterocycles. The third kappa shape index (κ3) is 4.13. The normalized spacial score (nSPS) is 15.2. The fraction of sp³-hybridized carbons (Fsp3) is 0.308. The molecule has 2 aromatic carbocycles. The molecule has 0 unspecified atom stereocenters. The standard InChI is InChI=1S/C26H26N2O4/c29-25-11-7-19-5-10-22-17-23(19)27(25)13-1-3-15-31-21-9-6-20-8-12-26(30)28(24(20)18-21)14-2-4-16-32-22/h5-12,17-18H,1-4,13-16H2. The van der Waals surface area contributed by atoms with E-state index in [1.807, 2.05) is 57.7 Å². The average Bonchev–Trinajstić information content (AvgIpc) is 2.80. The second-order valence-electron chi connectivity index (χ2n) is 8.20. The largest absolute Gasteiger partial charge is 0.494 e. The predicted octanol–water partition coefficient (Wildman–Crippen LogP) is 4.35. The van der Waals surface area contributed by atoms with Gasteiger partial charge in [0.2, 0.25) is 0 Å². The van der Waals surface area contributed by atoms with Crippen molar-refractivity contribution < 1.29 is 9.47 Å². The molecule has 1 aliphatic rings. The summed E-state index contributed by atoms with van der Waals surface area (Å²) in [4.78, 5) is 25.0. The third-order valence-electron chi connectivity index (χ3n) is 6.02. The number of benzene rings is 2. The van der Waals surface area contributed by atoms with Crippen molar-refractivity contribution in [1.82, 2.24) is 9.13 Å². The number of aryl methyl sites for hydroxylation is 2. The predicted molar refractivity (Wildman–Crippen MR) is 126 cm³/mol. The minimum absolute atomic E-state index is 0.00234. The molecule has 32 heavy (non-hydrogen) atoms. The lowest BCUT2D eigenvalue weighted by molar-refractivity contribution is 0.301. The van der Waals surface area contributed by atoms with E-state index in [1.165, 1.54) is 0 Å². The van der Waals surface area contributed by atoms with Gasteiger partial charge in [0.1, 0.15) is 11.5 Å². The van der Waals surface area contributed by atoms with Crippen LogP contribution < -0.4 is 20.6 Å². The van der Waals surface area contributed by atoms with Gasteiger partial charge in [0.05, 0.1) is 24.2 Å². The third-order valence-corrected chi connectivity index (χ3v) is 6.02. The van der Waals surface area contributed by atoms with E-state index in [1.54, 1.807) is 12.1 Å². The van der Waals surface area contributed by atoms with E-state index in [-0.39, 0.29) is 11.1 Å². The van der Waals surface area contributed by atoms with Crippen LogP contribution in [0, 0.1) is 0 Å². The molecule has 0 fully saturated rings. The number of aromatic nitrogens is 2. The van der Waals surface area contributed by atoms with Crippen LogP contribution >= 0.6 is 0 Å². The zero-order valence-electron chi connectivity index (χ0n) is 18.0. The zero-order valence-corrected chi connectivity index (χ0v) is 18.0. The molecule has 0 atom stereocenters. The number of rotatable bonds is 0. The SMILES string of the molecule is O=c1ccc2ccc3cc2n1CCCCOc1ccc2ccc(=O)n(c2c1)CCCCO3. The van der Waals surface area contributed by atoms with Gasteiger partial charge in [-0.25, -0.2) is 0 Å². The molecule has 0 spiro atoms. The maximum atomic E-state index is 12.5. The number of nitrogens with zero attached hydrogens (tertiary/aromatic N) is 2. The fourth-order valence-electron chi connectivity index (χ4n) is 4.30. The summed E-state index contributed by atoms with van der Waals surface area (Å²) in [5.41, 5.74) is 1.78. The van der Waals surface area contributed by atoms with Crippen LogP contribution in [-0.4, -0.2) is 22.3 Å². The summed E-state index contributed by atoms with van der Waals surface area (Å²) >= 11 is 0. The van der Waals surface area contributed by atoms with Crippen LogP contribution in [0.5, 0.6) is 11.5 Å². The van der Waals surface area contributed by atoms with Crippen LogP contribution in [0.15, 0.2) is 70.3 Å². The molecular formula is C26H26N2O4. The summed E-state index contributed by atoms with van der Waals surface area (Å²) in [6.07, 6.45) is 3.28. The maximum Gasteiger partial charge on any atom is 0.251 e. The Kier molecular flexibility index (Phi) is 5.67. The lowest BCUT2D eigenvalue weighted by Crippen LogP contribution is -2.20. The van der Waals surface area contributed by atoms with Gasteiger partial charge in [-0.05, 0) is 72.9 Å². The van der Waals surface area contributed by atoms with E-state index in [9.17, 15) is 9.59 Å². The molecule has 4 bridgehead atoms. The number of ether oxygens (including phenoxy) is 2. The Bertz CT molecular complexity index is 1280. The van der Waals surface area contributed by atoms with Crippen molar-refractivity contribution in [2.24, 2.45) is 0 Å². The summed E-state index contributed by atoms with van der Waals surface area (Å²) < 4.78 is 15.6. The first kappa shape index (κ1) is 20.4. The second-order valence-corrected chi connectivity index (χ2v) is 8.20. The number of fused-ring (bicyclic) bond motifs is 2.